The van der Waals surface area contributed by atoms with Crippen molar-refractivity contribution in [3.63, 3.8) is 0 Å². The van der Waals surface area contributed by atoms with E-state index in [1.54, 1.807) is 6.07 Å². The van der Waals surface area contributed by atoms with Crippen LogP contribution in [0.15, 0.2) is 24.5 Å². The zero-order valence-corrected chi connectivity index (χ0v) is 10.6. The van der Waals surface area contributed by atoms with Crippen molar-refractivity contribution in [1.29, 1.82) is 0 Å². The van der Waals surface area contributed by atoms with Crippen molar-refractivity contribution in [1.82, 2.24) is 15.3 Å². The van der Waals surface area contributed by atoms with Crippen molar-refractivity contribution in [2.24, 2.45) is 0 Å². The molecule has 1 aliphatic heterocycles. The molecular weight excluding hydrogens is 245 g/mol. The van der Waals surface area contributed by atoms with Crippen LogP contribution in [0.3, 0.4) is 0 Å². The van der Waals surface area contributed by atoms with Gasteiger partial charge in [-0.25, -0.2) is 14.4 Å². The van der Waals surface area contributed by atoms with Gasteiger partial charge in [0.05, 0.1) is 11.3 Å². The molecule has 0 aliphatic carbocycles. The summed E-state index contributed by atoms with van der Waals surface area (Å²) in [7, 11) is 0. The summed E-state index contributed by atoms with van der Waals surface area (Å²) >= 11 is 0. The lowest BCUT2D eigenvalue weighted by molar-refractivity contribution is 0.437. The molecule has 0 saturated heterocycles. The van der Waals surface area contributed by atoms with Gasteiger partial charge in [-0.1, -0.05) is 6.07 Å². The third kappa shape index (κ3) is 2.42. The zero-order chi connectivity index (χ0) is 13.2. The summed E-state index contributed by atoms with van der Waals surface area (Å²) in [6.45, 7) is 3.46. The van der Waals surface area contributed by atoms with Crippen LogP contribution >= 0.6 is 0 Å². The molecule has 1 N–H and O–H groups in total. The van der Waals surface area contributed by atoms with Crippen LogP contribution < -0.4 is 10.1 Å². The first-order chi connectivity index (χ1) is 9.24. The van der Waals surface area contributed by atoms with Crippen LogP contribution in [0.2, 0.25) is 0 Å². The molecule has 0 saturated carbocycles. The number of halogens is 1. The van der Waals surface area contributed by atoms with Gasteiger partial charge in [-0.15, -0.1) is 0 Å². The van der Waals surface area contributed by atoms with E-state index in [-0.39, 0.29) is 5.82 Å². The van der Waals surface area contributed by atoms with Crippen molar-refractivity contribution in [2.75, 3.05) is 6.54 Å². The lowest BCUT2D eigenvalue weighted by Gasteiger charge is -2.18. The SMILES string of the molecule is Cc1ccc(F)cc1Oc1ncnc2c1CNCC2. The average Bonchev–Trinajstić information content (AvgIpc) is 2.43. The lowest BCUT2D eigenvalue weighted by atomic mass is 10.1. The fraction of sp³-hybridized carbons (Fsp3) is 0.286. The van der Waals surface area contributed by atoms with Crippen LogP contribution in [0.25, 0.3) is 0 Å². The third-order valence-corrected chi connectivity index (χ3v) is 3.19. The quantitative estimate of drug-likeness (QED) is 0.899. The molecule has 0 unspecified atom stereocenters. The number of aromatic nitrogens is 2. The van der Waals surface area contributed by atoms with Gasteiger partial charge in [0.25, 0.3) is 0 Å². The first kappa shape index (κ1) is 12.0. The minimum atomic E-state index is -0.318. The highest BCUT2D eigenvalue weighted by atomic mass is 19.1. The number of fused-ring (bicyclic) bond motifs is 1. The van der Waals surface area contributed by atoms with E-state index in [9.17, 15) is 4.39 Å². The second kappa shape index (κ2) is 4.93. The van der Waals surface area contributed by atoms with E-state index >= 15 is 0 Å². The van der Waals surface area contributed by atoms with Gasteiger partial charge in [0, 0.05) is 25.6 Å². The summed E-state index contributed by atoms with van der Waals surface area (Å²) in [6.07, 6.45) is 2.35. The van der Waals surface area contributed by atoms with Gasteiger partial charge in [0.15, 0.2) is 0 Å². The molecule has 0 radical (unpaired) electrons. The molecule has 1 aromatic carbocycles. The van der Waals surface area contributed by atoms with Gasteiger partial charge >= 0.3 is 0 Å². The van der Waals surface area contributed by atoms with Gasteiger partial charge in [0.1, 0.15) is 17.9 Å². The molecule has 0 bridgehead atoms. The number of hydrogen-bond donors (Lipinski definition) is 1. The maximum atomic E-state index is 13.3. The molecule has 1 aromatic heterocycles. The lowest BCUT2D eigenvalue weighted by Crippen LogP contribution is -2.25. The summed E-state index contributed by atoms with van der Waals surface area (Å²) in [4.78, 5) is 8.42. The van der Waals surface area contributed by atoms with E-state index < -0.39 is 0 Å². The van der Waals surface area contributed by atoms with Crippen molar-refractivity contribution >= 4 is 0 Å². The smallest absolute Gasteiger partial charge is 0.227 e. The van der Waals surface area contributed by atoms with Crippen LogP contribution in [-0.4, -0.2) is 16.5 Å². The summed E-state index contributed by atoms with van der Waals surface area (Å²) in [5.74, 6) is 0.680. The molecule has 0 atom stereocenters. The van der Waals surface area contributed by atoms with Crippen LogP contribution in [0.1, 0.15) is 16.8 Å². The highest BCUT2D eigenvalue weighted by Crippen LogP contribution is 2.28. The third-order valence-electron chi connectivity index (χ3n) is 3.19. The molecule has 2 aromatic rings. The Morgan fingerprint density at radius 1 is 1.32 bits per heavy atom. The summed E-state index contributed by atoms with van der Waals surface area (Å²) in [5, 5.41) is 3.26. The second-order valence-electron chi connectivity index (χ2n) is 4.54. The Hall–Kier alpha value is -2.01. The largest absolute Gasteiger partial charge is 0.438 e. The molecule has 19 heavy (non-hydrogen) atoms. The number of benzene rings is 1. The van der Waals surface area contributed by atoms with Gasteiger partial charge in [-0.3, -0.25) is 0 Å². The molecule has 0 fully saturated rings. The number of aryl methyl sites for hydroxylation is 1. The van der Waals surface area contributed by atoms with E-state index in [0.29, 0.717) is 18.2 Å². The van der Waals surface area contributed by atoms with E-state index in [1.807, 2.05) is 6.92 Å². The molecule has 98 valence electrons. The molecule has 0 amide bonds. The van der Waals surface area contributed by atoms with Gasteiger partial charge in [0.2, 0.25) is 5.88 Å². The van der Waals surface area contributed by atoms with E-state index in [0.717, 1.165) is 29.8 Å². The fourth-order valence-electron chi connectivity index (χ4n) is 2.12. The maximum absolute atomic E-state index is 13.3. The van der Waals surface area contributed by atoms with E-state index in [4.69, 9.17) is 4.74 Å². The molecule has 5 heteroatoms. The van der Waals surface area contributed by atoms with E-state index in [1.165, 1.54) is 18.5 Å². The van der Waals surface area contributed by atoms with Crippen LogP contribution in [-0.2, 0) is 13.0 Å². The molecule has 1 aliphatic rings. The normalized spacial score (nSPS) is 14.0. The Morgan fingerprint density at radius 2 is 2.21 bits per heavy atom. The average molecular weight is 259 g/mol. The molecular formula is C14H14FN3O. The summed E-state index contributed by atoms with van der Waals surface area (Å²) < 4.78 is 19.0. The monoisotopic (exact) mass is 259 g/mol. The van der Waals surface area contributed by atoms with Crippen molar-refractivity contribution in [2.45, 2.75) is 19.9 Å². The summed E-state index contributed by atoms with van der Waals surface area (Å²) in [5.41, 5.74) is 2.83. The number of nitrogens with one attached hydrogen (secondary N) is 1. The zero-order valence-electron chi connectivity index (χ0n) is 10.6. The van der Waals surface area contributed by atoms with Crippen LogP contribution in [0.4, 0.5) is 4.39 Å². The Bertz CT molecular complexity index is 616. The second-order valence-corrected chi connectivity index (χ2v) is 4.54. The Morgan fingerprint density at radius 3 is 3.11 bits per heavy atom. The number of hydrogen-bond acceptors (Lipinski definition) is 4. The van der Waals surface area contributed by atoms with Gasteiger partial charge < -0.3 is 10.1 Å². The summed E-state index contributed by atoms with van der Waals surface area (Å²) in [6, 6.07) is 4.48. The predicted octanol–water partition coefficient (Wildman–Crippen LogP) is 2.36. The van der Waals surface area contributed by atoms with E-state index in [2.05, 4.69) is 15.3 Å². The number of ether oxygens (including phenoxy) is 1. The van der Waals surface area contributed by atoms with Crippen molar-refractivity contribution in [3.8, 4) is 11.6 Å². The first-order valence-corrected chi connectivity index (χ1v) is 6.21. The first-order valence-electron chi connectivity index (χ1n) is 6.21. The number of rotatable bonds is 2. The predicted molar refractivity (Wildman–Crippen MR) is 68.7 cm³/mol. The van der Waals surface area contributed by atoms with Gasteiger partial charge in [-0.2, -0.15) is 0 Å². The van der Waals surface area contributed by atoms with Crippen molar-refractivity contribution < 1.29 is 9.13 Å². The highest BCUT2D eigenvalue weighted by Gasteiger charge is 2.17. The molecule has 2 heterocycles. The van der Waals surface area contributed by atoms with Crippen LogP contribution in [0, 0.1) is 12.7 Å². The molecule has 0 spiro atoms. The maximum Gasteiger partial charge on any atom is 0.227 e. The topological polar surface area (TPSA) is 47.0 Å². The minimum absolute atomic E-state index is 0.318. The Kier molecular flexibility index (Phi) is 3.13. The van der Waals surface area contributed by atoms with Crippen molar-refractivity contribution in [3.05, 3.63) is 47.2 Å². The number of nitrogens with zero attached hydrogens (tertiary/aromatic N) is 2. The molecule has 4 nitrogen and oxygen atoms in total. The highest BCUT2D eigenvalue weighted by molar-refractivity contribution is 5.39. The Labute approximate surface area is 110 Å². The molecule has 3 rings (SSSR count). The minimum Gasteiger partial charge on any atom is -0.438 e. The van der Waals surface area contributed by atoms with Crippen LogP contribution in [0.5, 0.6) is 11.6 Å². The standard InChI is InChI=1S/C14H14FN3O/c1-9-2-3-10(15)6-13(9)19-14-11-7-16-5-4-12(11)17-8-18-14/h2-3,6,8,16H,4-5,7H2,1H3. The fourth-order valence-corrected chi connectivity index (χ4v) is 2.12. The Balaban J connectivity index is 1.97. The van der Waals surface area contributed by atoms with Gasteiger partial charge in [-0.05, 0) is 18.6 Å².